The minimum atomic E-state index is -1.30. The van der Waals surface area contributed by atoms with Crippen LogP contribution in [0.25, 0.3) is 0 Å². The maximum absolute atomic E-state index is 13.1. The molecular formula is C18H25FN2O2. The van der Waals surface area contributed by atoms with E-state index in [2.05, 4.69) is 5.32 Å². The average Bonchev–Trinajstić information content (AvgIpc) is 2.97. The van der Waals surface area contributed by atoms with Crippen molar-refractivity contribution in [3.05, 3.63) is 35.6 Å². The summed E-state index contributed by atoms with van der Waals surface area (Å²) >= 11 is 0. The summed E-state index contributed by atoms with van der Waals surface area (Å²) in [6.45, 7) is 5.98. The van der Waals surface area contributed by atoms with Crippen molar-refractivity contribution in [3.8, 4) is 0 Å². The van der Waals surface area contributed by atoms with Crippen molar-refractivity contribution < 1.29 is 14.3 Å². The summed E-state index contributed by atoms with van der Waals surface area (Å²) in [5.74, 6) is 0.974. The van der Waals surface area contributed by atoms with Crippen molar-refractivity contribution in [2.45, 2.75) is 19.4 Å². The Kier molecular flexibility index (Phi) is 4.19. The summed E-state index contributed by atoms with van der Waals surface area (Å²) < 4.78 is 13.1. The van der Waals surface area contributed by atoms with Crippen molar-refractivity contribution in [3.63, 3.8) is 0 Å². The molecule has 1 aliphatic heterocycles. The van der Waals surface area contributed by atoms with Gasteiger partial charge in [0.1, 0.15) is 5.82 Å². The second-order valence-electron chi connectivity index (χ2n) is 7.17. The quantitative estimate of drug-likeness (QED) is 0.866. The fraction of sp³-hybridized carbons (Fsp3) is 0.611. The van der Waals surface area contributed by atoms with Crippen LogP contribution in [-0.2, 0) is 10.4 Å². The van der Waals surface area contributed by atoms with E-state index in [4.69, 9.17) is 0 Å². The number of fused-ring (bicyclic) bond motifs is 1. The van der Waals surface area contributed by atoms with Crippen LogP contribution < -0.4 is 5.32 Å². The van der Waals surface area contributed by atoms with E-state index in [0.29, 0.717) is 23.3 Å². The standard InChI is InChI=1S/C18H25FN2O2/c1-11(18(2,23)12-4-6-13(19)7-5-12)17(22)21-9-15-14(8-20-3)16(15)10-21/h4-7,11,14-16,20,23H,8-10H2,1-3H3. The Labute approximate surface area is 136 Å². The van der Waals surface area contributed by atoms with Crippen molar-refractivity contribution in [1.29, 1.82) is 0 Å². The summed E-state index contributed by atoms with van der Waals surface area (Å²) in [7, 11) is 1.96. The summed E-state index contributed by atoms with van der Waals surface area (Å²) in [5.41, 5.74) is -0.737. The van der Waals surface area contributed by atoms with Crippen LogP contribution in [0.1, 0.15) is 19.4 Å². The zero-order valence-corrected chi connectivity index (χ0v) is 13.9. The van der Waals surface area contributed by atoms with Crippen molar-refractivity contribution >= 4 is 5.91 Å². The summed E-state index contributed by atoms with van der Waals surface area (Å²) in [4.78, 5) is 14.6. The number of hydrogen-bond acceptors (Lipinski definition) is 3. The van der Waals surface area contributed by atoms with Gasteiger partial charge in [-0.05, 0) is 56.0 Å². The normalized spacial score (nSPS) is 29.8. The molecule has 0 radical (unpaired) electrons. The van der Waals surface area contributed by atoms with Gasteiger partial charge in [-0.2, -0.15) is 0 Å². The molecule has 126 valence electrons. The number of benzene rings is 1. The second-order valence-corrected chi connectivity index (χ2v) is 7.17. The number of piperidine rings is 1. The Morgan fingerprint density at radius 1 is 1.39 bits per heavy atom. The first-order chi connectivity index (χ1) is 10.9. The Morgan fingerprint density at radius 3 is 2.48 bits per heavy atom. The minimum Gasteiger partial charge on any atom is -0.385 e. The van der Waals surface area contributed by atoms with Gasteiger partial charge in [-0.25, -0.2) is 4.39 Å². The Balaban J connectivity index is 1.65. The highest BCUT2D eigenvalue weighted by molar-refractivity contribution is 5.80. The summed E-state index contributed by atoms with van der Waals surface area (Å²) in [5, 5.41) is 14.0. The number of aliphatic hydroxyl groups is 1. The number of likely N-dealkylation sites (tertiary alicyclic amines) is 1. The largest absolute Gasteiger partial charge is 0.385 e. The molecule has 0 bridgehead atoms. The van der Waals surface area contributed by atoms with Gasteiger partial charge in [0.25, 0.3) is 0 Å². The number of nitrogens with zero attached hydrogens (tertiary/aromatic N) is 1. The van der Waals surface area contributed by atoms with E-state index in [1.54, 1.807) is 26.0 Å². The Bertz CT molecular complexity index is 575. The van der Waals surface area contributed by atoms with Crippen molar-refractivity contribution in [2.24, 2.45) is 23.7 Å². The first kappa shape index (κ1) is 16.4. The molecule has 0 spiro atoms. The topological polar surface area (TPSA) is 52.6 Å². The number of rotatable bonds is 5. The molecule has 1 aliphatic carbocycles. The van der Waals surface area contributed by atoms with Crippen molar-refractivity contribution in [1.82, 2.24) is 10.2 Å². The lowest BCUT2D eigenvalue weighted by molar-refractivity contribution is -0.143. The number of carbonyl (C=O) groups is 1. The van der Waals surface area contributed by atoms with E-state index in [9.17, 15) is 14.3 Å². The molecule has 3 rings (SSSR count). The van der Waals surface area contributed by atoms with Crippen molar-refractivity contribution in [2.75, 3.05) is 26.7 Å². The van der Waals surface area contributed by atoms with Gasteiger partial charge in [0.05, 0.1) is 11.5 Å². The molecule has 1 aromatic carbocycles. The molecule has 4 unspecified atom stereocenters. The fourth-order valence-corrected chi connectivity index (χ4v) is 3.92. The van der Waals surface area contributed by atoms with Gasteiger partial charge in [-0.15, -0.1) is 0 Å². The lowest BCUT2D eigenvalue weighted by atomic mass is 9.83. The van der Waals surface area contributed by atoms with Crippen LogP contribution in [0.4, 0.5) is 4.39 Å². The molecule has 1 aromatic rings. The molecule has 1 saturated carbocycles. The van der Waals surface area contributed by atoms with E-state index < -0.39 is 11.5 Å². The number of amides is 1. The van der Waals surface area contributed by atoms with Crippen LogP contribution in [0.3, 0.4) is 0 Å². The smallest absolute Gasteiger partial charge is 0.228 e. The van der Waals surface area contributed by atoms with E-state index in [0.717, 1.165) is 19.6 Å². The SMILES string of the molecule is CNCC1C2CN(C(=O)C(C)C(C)(O)c3ccc(F)cc3)CC12. The first-order valence-corrected chi connectivity index (χ1v) is 8.28. The molecular weight excluding hydrogens is 295 g/mol. The molecule has 1 amide bonds. The third-order valence-electron chi connectivity index (χ3n) is 5.77. The molecule has 2 N–H and O–H groups in total. The third kappa shape index (κ3) is 2.88. The molecule has 4 atom stereocenters. The Morgan fingerprint density at radius 2 is 1.96 bits per heavy atom. The second kappa shape index (κ2) is 5.87. The number of hydrogen-bond donors (Lipinski definition) is 2. The highest BCUT2D eigenvalue weighted by Crippen LogP contribution is 2.51. The highest BCUT2D eigenvalue weighted by Gasteiger charge is 2.56. The number of halogens is 1. The predicted molar refractivity (Wildman–Crippen MR) is 86.1 cm³/mol. The maximum Gasteiger partial charge on any atom is 0.228 e. The van der Waals surface area contributed by atoms with Crippen LogP contribution in [0.5, 0.6) is 0 Å². The van der Waals surface area contributed by atoms with Crippen LogP contribution in [0.2, 0.25) is 0 Å². The van der Waals surface area contributed by atoms with E-state index in [1.807, 2.05) is 11.9 Å². The molecule has 0 aromatic heterocycles. The van der Waals surface area contributed by atoms with Crippen LogP contribution in [-0.4, -0.2) is 42.6 Å². The van der Waals surface area contributed by atoms with E-state index in [-0.39, 0.29) is 11.7 Å². The average molecular weight is 320 g/mol. The van der Waals surface area contributed by atoms with Crippen LogP contribution >= 0.6 is 0 Å². The van der Waals surface area contributed by atoms with E-state index >= 15 is 0 Å². The summed E-state index contributed by atoms with van der Waals surface area (Å²) in [6.07, 6.45) is 0. The maximum atomic E-state index is 13.1. The monoisotopic (exact) mass is 320 g/mol. The summed E-state index contributed by atoms with van der Waals surface area (Å²) in [6, 6.07) is 5.72. The van der Waals surface area contributed by atoms with Gasteiger partial charge >= 0.3 is 0 Å². The zero-order valence-electron chi connectivity index (χ0n) is 13.9. The predicted octanol–water partition coefficient (Wildman–Crippen LogP) is 1.59. The van der Waals surface area contributed by atoms with E-state index in [1.165, 1.54) is 12.1 Å². The lowest BCUT2D eigenvalue weighted by Crippen LogP contribution is -2.44. The van der Waals surface area contributed by atoms with Crippen LogP contribution in [0.15, 0.2) is 24.3 Å². The molecule has 23 heavy (non-hydrogen) atoms. The lowest BCUT2D eigenvalue weighted by Gasteiger charge is -2.33. The van der Waals surface area contributed by atoms with Gasteiger partial charge in [0.15, 0.2) is 0 Å². The van der Waals surface area contributed by atoms with Gasteiger partial charge in [-0.3, -0.25) is 4.79 Å². The Hall–Kier alpha value is -1.46. The highest BCUT2D eigenvalue weighted by atomic mass is 19.1. The zero-order chi connectivity index (χ0) is 16.8. The van der Waals surface area contributed by atoms with Gasteiger partial charge < -0.3 is 15.3 Å². The fourth-order valence-electron chi connectivity index (χ4n) is 3.92. The van der Waals surface area contributed by atoms with Crippen LogP contribution in [0, 0.1) is 29.5 Å². The molecule has 5 heteroatoms. The van der Waals surface area contributed by atoms with Gasteiger partial charge in [0, 0.05) is 13.1 Å². The molecule has 2 fully saturated rings. The van der Waals surface area contributed by atoms with Gasteiger partial charge in [0.2, 0.25) is 5.91 Å². The first-order valence-electron chi connectivity index (χ1n) is 8.28. The molecule has 2 aliphatic rings. The molecule has 1 heterocycles. The number of nitrogens with one attached hydrogen (secondary N) is 1. The number of carbonyl (C=O) groups excluding carboxylic acids is 1. The third-order valence-corrected chi connectivity index (χ3v) is 5.77. The minimum absolute atomic E-state index is 0.0188. The van der Waals surface area contributed by atoms with Gasteiger partial charge in [-0.1, -0.05) is 19.1 Å². The molecule has 1 saturated heterocycles. The molecule has 4 nitrogen and oxygen atoms in total.